The fourth-order valence-corrected chi connectivity index (χ4v) is 3.94. The highest BCUT2D eigenvalue weighted by molar-refractivity contribution is 6.30. The van der Waals surface area contributed by atoms with Crippen molar-refractivity contribution >= 4 is 29.9 Å². The lowest BCUT2D eigenvalue weighted by atomic mass is 9.97. The highest BCUT2D eigenvalue weighted by atomic mass is 35.5. The van der Waals surface area contributed by atoms with Crippen LogP contribution in [0.15, 0.2) is 18.2 Å². The Bertz CT molecular complexity index is 561. The van der Waals surface area contributed by atoms with Crippen LogP contribution < -0.4 is 10.6 Å². The Morgan fingerprint density at radius 1 is 1.32 bits per heavy atom. The largest absolute Gasteiger partial charge is 0.354 e. The summed E-state index contributed by atoms with van der Waals surface area (Å²) in [7, 11) is 0. The Hall–Kier alpha value is -0.880. The monoisotopic (exact) mass is 389 g/mol. The van der Waals surface area contributed by atoms with E-state index in [4.69, 9.17) is 11.6 Å². The molecule has 4 nitrogen and oxygen atoms in total. The van der Waals surface area contributed by atoms with E-state index >= 15 is 0 Å². The minimum absolute atomic E-state index is 0. The van der Waals surface area contributed by atoms with Gasteiger partial charge in [-0.15, -0.1) is 12.4 Å². The summed E-state index contributed by atoms with van der Waals surface area (Å²) in [6, 6.07) is 4.68. The molecule has 25 heavy (non-hydrogen) atoms. The van der Waals surface area contributed by atoms with Crippen molar-refractivity contribution in [2.24, 2.45) is 5.92 Å². The fraction of sp³-hybridized carbons (Fsp3) is 0.611. The molecule has 0 saturated carbocycles. The third-order valence-corrected chi connectivity index (χ3v) is 5.09. The number of hydrogen-bond donors (Lipinski definition) is 2. The van der Waals surface area contributed by atoms with Gasteiger partial charge in [-0.2, -0.15) is 0 Å². The topological polar surface area (TPSA) is 44.4 Å². The SMILES string of the molecule is Cl.O=C(NCC1CCCN(Cc2cc(F)cc(Cl)c2)C1)C1CCCN1. The second-order valence-electron chi connectivity index (χ2n) is 6.92. The second-order valence-corrected chi connectivity index (χ2v) is 7.35. The van der Waals surface area contributed by atoms with Crippen molar-refractivity contribution in [3.63, 3.8) is 0 Å². The number of piperidine rings is 1. The summed E-state index contributed by atoms with van der Waals surface area (Å²) in [5, 5.41) is 6.75. The molecule has 140 valence electrons. The predicted octanol–water partition coefficient (Wildman–Crippen LogP) is 2.98. The molecule has 2 saturated heterocycles. The van der Waals surface area contributed by atoms with Crippen molar-refractivity contribution in [1.82, 2.24) is 15.5 Å². The number of rotatable bonds is 5. The van der Waals surface area contributed by atoms with Gasteiger partial charge in [-0.05, 0) is 68.5 Å². The molecule has 1 aromatic rings. The molecule has 2 fully saturated rings. The van der Waals surface area contributed by atoms with Gasteiger partial charge in [0, 0.05) is 24.7 Å². The molecule has 2 aliphatic rings. The number of nitrogens with one attached hydrogen (secondary N) is 2. The number of nitrogens with zero attached hydrogens (tertiary/aromatic N) is 1. The van der Waals surface area contributed by atoms with Crippen LogP contribution in [-0.4, -0.2) is 43.0 Å². The third kappa shape index (κ3) is 6.10. The quantitative estimate of drug-likeness (QED) is 0.813. The lowest BCUT2D eigenvalue weighted by Crippen LogP contribution is -2.45. The third-order valence-electron chi connectivity index (χ3n) is 4.87. The van der Waals surface area contributed by atoms with Crippen LogP contribution in [0.3, 0.4) is 0 Å². The molecule has 1 amide bonds. The standard InChI is InChI=1S/C18H25ClFN3O.ClH/c19-15-7-14(8-16(20)9-15)12-23-6-2-3-13(11-23)10-22-18(24)17-4-1-5-21-17;/h7-9,13,17,21H,1-6,10-12H2,(H,22,24);1H. The molecule has 2 unspecified atom stereocenters. The Labute approximate surface area is 159 Å². The molecule has 2 aliphatic heterocycles. The van der Waals surface area contributed by atoms with Crippen molar-refractivity contribution in [1.29, 1.82) is 0 Å². The van der Waals surface area contributed by atoms with E-state index in [1.807, 2.05) is 6.07 Å². The maximum Gasteiger partial charge on any atom is 0.237 e. The highest BCUT2D eigenvalue weighted by Gasteiger charge is 2.24. The van der Waals surface area contributed by atoms with Gasteiger partial charge in [0.1, 0.15) is 5.82 Å². The number of amides is 1. The zero-order valence-electron chi connectivity index (χ0n) is 14.3. The van der Waals surface area contributed by atoms with Crippen molar-refractivity contribution in [2.75, 3.05) is 26.2 Å². The number of likely N-dealkylation sites (tertiary alicyclic amines) is 1. The lowest BCUT2D eigenvalue weighted by Gasteiger charge is -2.33. The minimum atomic E-state index is -0.289. The number of carbonyl (C=O) groups is 1. The first-order valence-corrected chi connectivity index (χ1v) is 9.16. The van der Waals surface area contributed by atoms with E-state index in [0.717, 1.165) is 57.4 Å². The van der Waals surface area contributed by atoms with Crippen LogP contribution in [0.2, 0.25) is 5.02 Å². The minimum Gasteiger partial charge on any atom is -0.354 e. The molecule has 3 rings (SSSR count). The Balaban J connectivity index is 0.00000225. The molecular weight excluding hydrogens is 364 g/mol. The molecule has 0 spiro atoms. The van der Waals surface area contributed by atoms with E-state index in [1.165, 1.54) is 6.07 Å². The maximum atomic E-state index is 13.5. The first-order chi connectivity index (χ1) is 11.6. The van der Waals surface area contributed by atoms with Crippen LogP contribution in [0.4, 0.5) is 4.39 Å². The summed E-state index contributed by atoms with van der Waals surface area (Å²) in [4.78, 5) is 14.4. The fourth-order valence-electron chi connectivity index (χ4n) is 3.70. The number of carbonyl (C=O) groups excluding carboxylic acids is 1. The zero-order valence-corrected chi connectivity index (χ0v) is 15.8. The normalized spacial score (nSPS) is 23.9. The molecule has 7 heteroatoms. The Morgan fingerprint density at radius 2 is 2.16 bits per heavy atom. The molecule has 0 radical (unpaired) electrons. The second kappa shape index (κ2) is 9.72. The van der Waals surface area contributed by atoms with Crippen molar-refractivity contribution in [2.45, 2.75) is 38.3 Å². The Kier molecular flexibility index (Phi) is 7.94. The van der Waals surface area contributed by atoms with Gasteiger partial charge >= 0.3 is 0 Å². The molecule has 0 aromatic heterocycles. The molecule has 2 N–H and O–H groups in total. The van der Waals surface area contributed by atoms with Crippen LogP contribution in [0.5, 0.6) is 0 Å². The van der Waals surface area contributed by atoms with E-state index in [1.54, 1.807) is 6.07 Å². The Morgan fingerprint density at radius 3 is 2.88 bits per heavy atom. The average molecular weight is 390 g/mol. The van der Waals surface area contributed by atoms with Gasteiger partial charge in [0.2, 0.25) is 5.91 Å². The van der Waals surface area contributed by atoms with Crippen molar-refractivity contribution < 1.29 is 9.18 Å². The van der Waals surface area contributed by atoms with Gasteiger partial charge in [0.25, 0.3) is 0 Å². The van der Waals surface area contributed by atoms with Gasteiger partial charge in [-0.3, -0.25) is 9.69 Å². The highest BCUT2D eigenvalue weighted by Crippen LogP contribution is 2.20. The molecule has 0 bridgehead atoms. The van der Waals surface area contributed by atoms with Gasteiger partial charge in [0.15, 0.2) is 0 Å². The molecule has 2 heterocycles. The molecule has 0 aliphatic carbocycles. The van der Waals surface area contributed by atoms with Gasteiger partial charge < -0.3 is 10.6 Å². The van der Waals surface area contributed by atoms with Crippen LogP contribution in [0, 0.1) is 11.7 Å². The summed E-state index contributed by atoms with van der Waals surface area (Å²) in [5.74, 6) is 0.289. The molecular formula is C18H26Cl2FN3O. The van der Waals surface area contributed by atoms with Crippen molar-refractivity contribution in [3.05, 3.63) is 34.6 Å². The summed E-state index contributed by atoms with van der Waals surface area (Å²) >= 11 is 5.93. The maximum absolute atomic E-state index is 13.5. The predicted molar refractivity (Wildman–Crippen MR) is 101 cm³/mol. The van der Waals surface area contributed by atoms with Gasteiger partial charge in [-0.1, -0.05) is 11.6 Å². The summed E-state index contributed by atoms with van der Waals surface area (Å²) in [6.45, 7) is 4.28. The van der Waals surface area contributed by atoms with Crippen LogP contribution >= 0.6 is 24.0 Å². The summed E-state index contributed by atoms with van der Waals surface area (Å²) in [6.07, 6.45) is 4.23. The molecule has 2 atom stereocenters. The number of halogens is 3. The van der Waals surface area contributed by atoms with E-state index in [0.29, 0.717) is 17.5 Å². The van der Waals surface area contributed by atoms with Crippen LogP contribution in [0.25, 0.3) is 0 Å². The van der Waals surface area contributed by atoms with E-state index in [-0.39, 0.29) is 30.2 Å². The average Bonchev–Trinajstić information content (AvgIpc) is 3.06. The van der Waals surface area contributed by atoms with E-state index < -0.39 is 0 Å². The van der Waals surface area contributed by atoms with Crippen molar-refractivity contribution in [3.8, 4) is 0 Å². The number of benzene rings is 1. The van der Waals surface area contributed by atoms with Gasteiger partial charge in [-0.25, -0.2) is 4.39 Å². The first-order valence-electron chi connectivity index (χ1n) is 8.78. The lowest BCUT2D eigenvalue weighted by molar-refractivity contribution is -0.123. The van der Waals surface area contributed by atoms with Crippen LogP contribution in [0.1, 0.15) is 31.2 Å². The molecule has 1 aromatic carbocycles. The smallest absolute Gasteiger partial charge is 0.237 e. The summed E-state index contributed by atoms with van der Waals surface area (Å²) < 4.78 is 13.5. The summed E-state index contributed by atoms with van der Waals surface area (Å²) in [5.41, 5.74) is 0.903. The number of hydrogen-bond acceptors (Lipinski definition) is 3. The van der Waals surface area contributed by atoms with Crippen LogP contribution in [-0.2, 0) is 11.3 Å². The van der Waals surface area contributed by atoms with Gasteiger partial charge in [0.05, 0.1) is 6.04 Å². The van der Waals surface area contributed by atoms with E-state index in [9.17, 15) is 9.18 Å². The van der Waals surface area contributed by atoms with E-state index in [2.05, 4.69) is 15.5 Å². The zero-order chi connectivity index (χ0) is 16.9. The first kappa shape index (κ1) is 20.4.